The molecule has 5 rings (SSSR count). The second kappa shape index (κ2) is 7.76. The van der Waals surface area contributed by atoms with Crippen LogP contribution in [0.4, 0.5) is 0 Å². The van der Waals surface area contributed by atoms with E-state index in [0.717, 1.165) is 10.1 Å². The Hall–Kier alpha value is -4.29. The fourth-order valence-corrected chi connectivity index (χ4v) is 4.29. The predicted octanol–water partition coefficient (Wildman–Crippen LogP) is 3.34. The summed E-state index contributed by atoms with van der Waals surface area (Å²) in [6.45, 7) is 0.337. The second-order valence-electron chi connectivity index (χ2n) is 7.22. The van der Waals surface area contributed by atoms with Gasteiger partial charge in [0.2, 0.25) is 0 Å². The molecular weight excluding hydrogens is 424 g/mol. The molecule has 2 N–H and O–H groups in total. The monoisotopic (exact) mass is 440 g/mol. The number of hydrogen-bond donors (Lipinski definition) is 2. The highest BCUT2D eigenvalue weighted by atomic mass is 32.1. The van der Waals surface area contributed by atoms with E-state index in [0.29, 0.717) is 37.8 Å². The van der Waals surface area contributed by atoms with Gasteiger partial charge in [-0.05, 0) is 17.7 Å². The van der Waals surface area contributed by atoms with E-state index >= 15 is 0 Å². The first-order valence-electron chi connectivity index (χ1n) is 9.87. The first kappa shape index (κ1) is 19.7. The summed E-state index contributed by atoms with van der Waals surface area (Å²) >= 11 is 5.46. The highest BCUT2D eigenvalue weighted by molar-refractivity contribution is 7.71. The largest absolute Gasteiger partial charge is 0.343 e. The zero-order valence-corrected chi connectivity index (χ0v) is 17.5. The number of nitriles is 1. The van der Waals surface area contributed by atoms with Crippen LogP contribution in [0.15, 0.2) is 70.5 Å². The number of aromatic amines is 2. The molecule has 5 aromatic rings. The van der Waals surface area contributed by atoms with Crippen LogP contribution in [0, 0.1) is 16.0 Å². The standard InChI is InChI=1S/C23H16N6O2S/c24-12-16-18-20(21(32)26-13-25-18)28(19(16)14-6-2-1-3-7-14)10-11-29-22(30)15-8-4-5-9-17(15)27-23(29)31/h1-9,13H,10-11H2,(H,27,31)(H,25,26,32). The van der Waals surface area contributed by atoms with Gasteiger partial charge in [0.15, 0.2) is 4.64 Å². The molecule has 3 heterocycles. The van der Waals surface area contributed by atoms with Crippen LogP contribution in [-0.4, -0.2) is 24.1 Å². The van der Waals surface area contributed by atoms with E-state index in [1.165, 1.54) is 6.33 Å². The predicted molar refractivity (Wildman–Crippen MR) is 124 cm³/mol. The lowest BCUT2D eigenvalue weighted by Gasteiger charge is -2.12. The van der Waals surface area contributed by atoms with Crippen molar-refractivity contribution in [2.75, 3.05) is 0 Å². The second-order valence-corrected chi connectivity index (χ2v) is 7.60. The van der Waals surface area contributed by atoms with Crippen LogP contribution in [0.1, 0.15) is 5.56 Å². The molecule has 0 fully saturated rings. The first-order chi connectivity index (χ1) is 15.6. The van der Waals surface area contributed by atoms with Gasteiger partial charge in [-0.15, -0.1) is 0 Å². The average molecular weight is 440 g/mol. The fraction of sp³-hybridized carbons (Fsp3) is 0.0870. The van der Waals surface area contributed by atoms with Crippen molar-refractivity contribution < 1.29 is 0 Å². The van der Waals surface area contributed by atoms with Gasteiger partial charge in [0.25, 0.3) is 5.56 Å². The van der Waals surface area contributed by atoms with Gasteiger partial charge in [0.05, 0.1) is 28.4 Å². The summed E-state index contributed by atoms with van der Waals surface area (Å²) in [4.78, 5) is 35.5. The van der Waals surface area contributed by atoms with Crippen molar-refractivity contribution in [2.24, 2.45) is 0 Å². The van der Waals surface area contributed by atoms with E-state index in [9.17, 15) is 14.9 Å². The molecular formula is C23H16N6O2S. The number of H-pyrrole nitrogens is 2. The normalized spacial score (nSPS) is 11.1. The molecule has 0 saturated heterocycles. The topological polar surface area (TPSA) is 112 Å². The Balaban J connectivity index is 1.72. The Morgan fingerprint density at radius 3 is 2.50 bits per heavy atom. The van der Waals surface area contributed by atoms with Crippen molar-refractivity contribution in [2.45, 2.75) is 13.1 Å². The Morgan fingerprint density at radius 1 is 1.00 bits per heavy atom. The van der Waals surface area contributed by atoms with E-state index in [1.807, 2.05) is 34.9 Å². The van der Waals surface area contributed by atoms with Gasteiger partial charge in [-0.1, -0.05) is 54.7 Å². The highest BCUT2D eigenvalue weighted by Crippen LogP contribution is 2.32. The van der Waals surface area contributed by atoms with Crippen molar-refractivity contribution >= 4 is 34.2 Å². The van der Waals surface area contributed by atoms with E-state index in [2.05, 4.69) is 21.0 Å². The Kier molecular flexibility index (Phi) is 4.77. The van der Waals surface area contributed by atoms with E-state index in [4.69, 9.17) is 12.2 Å². The van der Waals surface area contributed by atoms with Crippen LogP contribution < -0.4 is 11.2 Å². The minimum absolute atomic E-state index is 0.0944. The average Bonchev–Trinajstić information content (AvgIpc) is 3.14. The fourth-order valence-electron chi connectivity index (χ4n) is 4.03. The van der Waals surface area contributed by atoms with Crippen LogP contribution >= 0.6 is 12.2 Å². The molecule has 156 valence electrons. The van der Waals surface area contributed by atoms with Gasteiger partial charge in [-0.3, -0.25) is 9.36 Å². The van der Waals surface area contributed by atoms with Crippen LogP contribution in [0.25, 0.3) is 33.2 Å². The maximum absolute atomic E-state index is 13.0. The number of fused-ring (bicyclic) bond motifs is 2. The number of para-hydroxylation sites is 1. The molecule has 3 aromatic heterocycles. The highest BCUT2D eigenvalue weighted by Gasteiger charge is 2.21. The van der Waals surface area contributed by atoms with Crippen LogP contribution in [0.2, 0.25) is 0 Å². The summed E-state index contributed by atoms with van der Waals surface area (Å²) in [5.41, 5.74) is 2.70. The third-order valence-electron chi connectivity index (χ3n) is 5.45. The maximum Gasteiger partial charge on any atom is 0.328 e. The molecule has 0 aliphatic rings. The van der Waals surface area contributed by atoms with Crippen LogP contribution in [-0.2, 0) is 13.1 Å². The van der Waals surface area contributed by atoms with Crippen LogP contribution in [0.5, 0.6) is 0 Å². The van der Waals surface area contributed by atoms with Crippen LogP contribution in [0.3, 0.4) is 0 Å². The molecule has 0 bridgehead atoms. The lowest BCUT2D eigenvalue weighted by atomic mass is 10.1. The van der Waals surface area contributed by atoms with Gasteiger partial charge in [0.1, 0.15) is 17.1 Å². The molecule has 0 atom stereocenters. The Bertz CT molecular complexity index is 1700. The molecule has 9 heteroatoms. The van der Waals surface area contributed by atoms with Gasteiger partial charge in [0, 0.05) is 13.1 Å². The number of aryl methyl sites for hydroxylation is 1. The lowest BCUT2D eigenvalue weighted by molar-refractivity contribution is 0.560. The molecule has 8 nitrogen and oxygen atoms in total. The third-order valence-corrected chi connectivity index (χ3v) is 5.75. The van der Waals surface area contributed by atoms with Crippen molar-refractivity contribution in [3.8, 4) is 17.3 Å². The van der Waals surface area contributed by atoms with Crippen molar-refractivity contribution in [1.82, 2.24) is 24.1 Å². The minimum Gasteiger partial charge on any atom is -0.343 e. The maximum atomic E-state index is 13.0. The van der Waals surface area contributed by atoms with Crippen molar-refractivity contribution in [3.05, 3.63) is 92.0 Å². The summed E-state index contributed by atoms with van der Waals surface area (Å²) in [5, 5.41) is 10.4. The smallest absolute Gasteiger partial charge is 0.328 e. The first-order valence-corrected chi connectivity index (χ1v) is 10.3. The summed E-state index contributed by atoms with van der Waals surface area (Å²) < 4.78 is 3.35. The third kappa shape index (κ3) is 3.05. The molecule has 0 aliphatic heterocycles. The molecule has 0 saturated carbocycles. The zero-order valence-electron chi connectivity index (χ0n) is 16.7. The summed E-state index contributed by atoms with van der Waals surface area (Å²) in [6.07, 6.45) is 1.46. The van der Waals surface area contributed by atoms with Gasteiger partial charge in [-0.2, -0.15) is 5.26 Å². The summed E-state index contributed by atoms with van der Waals surface area (Å²) in [6, 6.07) is 18.6. The van der Waals surface area contributed by atoms with Crippen molar-refractivity contribution in [3.63, 3.8) is 0 Å². The van der Waals surface area contributed by atoms with Gasteiger partial charge >= 0.3 is 5.69 Å². The molecule has 0 aliphatic carbocycles. The molecule has 32 heavy (non-hydrogen) atoms. The zero-order chi connectivity index (χ0) is 22.2. The number of nitrogens with zero attached hydrogens (tertiary/aromatic N) is 4. The summed E-state index contributed by atoms with van der Waals surface area (Å²) in [7, 11) is 0. The number of aromatic nitrogens is 5. The van der Waals surface area contributed by atoms with E-state index in [1.54, 1.807) is 24.3 Å². The number of nitrogens with one attached hydrogen (secondary N) is 2. The van der Waals surface area contributed by atoms with Crippen molar-refractivity contribution in [1.29, 1.82) is 5.26 Å². The Morgan fingerprint density at radius 2 is 1.72 bits per heavy atom. The molecule has 0 spiro atoms. The minimum atomic E-state index is -0.491. The lowest BCUT2D eigenvalue weighted by Crippen LogP contribution is -2.36. The molecule has 2 aromatic carbocycles. The molecule has 0 unspecified atom stereocenters. The summed E-state index contributed by atoms with van der Waals surface area (Å²) in [5.74, 6) is 0. The van der Waals surface area contributed by atoms with E-state index < -0.39 is 5.69 Å². The number of rotatable bonds is 4. The Labute approximate surface area is 186 Å². The van der Waals surface area contributed by atoms with Gasteiger partial charge < -0.3 is 14.5 Å². The SMILES string of the molecule is N#Cc1c(-c2ccccc2)n(CCn2c(=O)[nH]c3ccccc3c2=O)c2c(=S)nc[nH]c12. The molecule has 0 radical (unpaired) electrons. The van der Waals surface area contributed by atoms with Gasteiger partial charge in [-0.25, -0.2) is 9.78 Å². The quantitative estimate of drug-likeness (QED) is 0.416. The number of benzene rings is 2. The number of hydrogen-bond acceptors (Lipinski definition) is 5. The molecule has 0 amide bonds. The van der Waals surface area contributed by atoms with E-state index in [-0.39, 0.29) is 18.6 Å².